The minimum Gasteiger partial charge on any atom is -0.238 e. The first-order valence-electron chi connectivity index (χ1n) is 7.50. The Kier molecular flexibility index (Phi) is 6.43. The second-order valence-electron chi connectivity index (χ2n) is 5.74. The summed E-state index contributed by atoms with van der Waals surface area (Å²) in [5, 5.41) is 0. The molecule has 140 valence electrons. The van der Waals surface area contributed by atoms with Crippen molar-refractivity contribution in [1.29, 1.82) is 0 Å². The van der Waals surface area contributed by atoms with Crippen molar-refractivity contribution in [1.82, 2.24) is 9.34 Å². The Hall–Kier alpha value is 0.290. The summed E-state index contributed by atoms with van der Waals surface area (Å²) in [6.45, 7) is 1.12. The molecule has 5 nitrogen and oxygen atoms in total. The molecule has 0 radical (unpaired) electrons. The molecule has 0 unspecified atom stereocenters. The Morgan fingerprint density at radius 2 is 1.27 bits per heavy atom. The Morgan fingerprint density at radius 3 is 1.65 bits per heavy atom. The van der Waals surface area contributed by atoms with Crippen LogP contribution in [0.3, 0.4) is 0 Å². The number of rotatable bonds is 6. The standard InChI is InChI=1S/C14H16Cl4N5P3/c1-22(11-13-7-3-4-8-13)26(23(2)12-14-9-5-6-10-14)20-24(15,16)19-25(17,18)21-26/h3-7,9H,11-12H2,1-2H3. The molecule has 0 atom stereocenters. The summed E-state index contributed by atoms with van der Waals surface area (Å²) in [6, 6.07) is 0. The molecule has 0 fully saturated rings. The molecule has 3 aliphatic rings. The second-order valence-corrected chi connectivity index (χ2v) is 18.8. The number of hydrogen-bond acceptors (Lipinski definition) is 5. The van der Waals surface area contributed by atoms with Crippen molar-refractivity contribution in [3.8, 4) is 0 Å². The van der Waals surface area contributed by atoms with E-state index in [9.17, 15) is 0 Å². The Bertz CT molecular complexity index is 927. The topological polar surface area (TPSA) is 43.6 Å². The van der Waals surface area contributed by atoms with Gasteiger partial charge in [-0.2, -0.15) is 13.5 Å². The van der Waals surface area contributed by atoms with Crippen LogP contribution in [0.5, 0.6) is 0 Å². The second kappa shape index (κ2) is 7.96. The summed E-state index contributed by atoms with van der Waals surface area (Å²) >= 11 is 25.6. The molecule has 2 aliphatic carbocycles. The molecule has 0 aromatic rings. The van der Waals surface area contributed by atoms with E-state index in [1.807, 2.05) is 59.9 Å². The average molecular weight is 489 g/mol. The van der Waals surface area contributed by atoms with E-state index in [0.717, 1.165) is 11.1 Å². The van der Waals surface area contributed by atoms with Crippen LogP contribution in [0, 0.1) is 0 Å². The highest BCUT2D eigenvalue weighted by atomic mass is 35.9. The monoisotopic (exact) mass is 487 g/mol. The lowest BCUT2D eigenvalue weighted by Crippen LogP contribution is -2.28. The summed E-state index contributed by atoms with van der Waals surface area (Å²) in [6.07, 6.45) is 11.6. The zero-order chi connectivity index (χ0) is 19.0. The highest BCUT2D eigenvalue weighted by Gasteiger charge is 2.39. The van der Waals surface area contributed by atoms with Crippen molar-refractivity contribution >= 4 is 64.3 Å². The van der Waals surface area contributed by atoms with E-state index in [2.05, 4.69) is 16.0 Å². The molecule has 26 heavy (non-hydrogen) atoms. The number of nitrogens with zero attached hydrogens (tertiary/aromatic N) is 5. The van der Waals surface area contributed by atoms with Crippen LogP contribution in [-0.2, 0) is 0 Å². The Labute approximate surface area is 172 Å². The van der Waals surface area contributed by atoms with Crippen LogP contribution in [0.15, 0.2) is 72.6 Å². The van der Waals surface area contributed by atoms with E-state index < -0.39 is 19.3 Å². The van der Waals surface area contributed by atoms with Crippen LogP contribution >= 0.6 is 64.3 Å². The van der Waals surface area contributed by atoms with E-state index in [1.54, 1.807) is 0 Å². The number of hydrogen-bond donors (Lipinski definition) is 0. The minimum absolute atomic E-state index is 0.560. The van der Waals surface area contributed by atoms with Crippen molar-refractivity contribution in [2.24, 2.45) is 13.5 Å². The van der Waals surface area contributed by atoms with Gasteiger partial charge in [-0.15, -0.1) is 11.5 Å². The molecule has 0 spiro atoms. The van der Waals surface area contributed by atoms with Crippen molar-refractivity contribution in [2.45, 2.75) is 0 Å². The van der Waals surface area contributed by atoms with E-state index in [0.29, 0.717) is 13.1 Å². The number of allylic oxidation sites excluding steroid dienone is 2. The van der Waals surface area contributed by atoms with Crippen LogP contribution in [0.1, 0.15) is 0 Å². The lowest BCUT2D eigenvalue weighted by Gasteiger charge is -2.39. The first-order chi connectivity index (χ1) is 12.1. The first-order valence-corrected chi connectivity index (χ1v) is 16.1. The van der Waals surface area contributed by atoms with Crippen LogP contribution in [0.4, 0.5) is 0 Å². The molecule has 1 aliphatic heterocycles. The van der Waals surface area contributed by atoms with Crippen molar-refractivity contribution in [3.05, 3.63) is 59.1 Å². The zero-order valence-corrected chi connectivity index (χ0v) is 19.7. The van der Waals surface area contributed by atoms with E-state index in [1.165, 1.54) is 0 Å². The smallest absolute Gasteiger partial charge is 0.238 e. The zero-order valence-electron chi connectivity index (χ0n) is 14.0. The molecular formula is C14H16Cl4N5P3. The Balaban J connectivity index is 2.08. The molecule has 0 bridgehead atoms. The fraction of sp³-hybridized carbons (Fsp3) is 0.286. The van der Waals surface area contributed by atoms with E-state index in [-0.39, 0.29) is 0 Å². The van der Waals surface area contributed by atoms with Gasteiger partial charge in [0.05, 0.1) is 0 Å². The summed E-state index contributed by atoms with van der Waals surface area (Å²) < 4.78 is 17.5. The highest BCUT2D eigenvalue weighted by Crippen LogP contribution is 2.86. The van der Waals surface area contributed by atoms with Gasteiger partial charge in [0.15, 0.2) is 0 Å². The number of halogens is 4. The Morgan fingerprint density at radius 1 is 0.808 bits per heavy atom. The van der Waals surface area contributed by atoms with Gasteiger partial charge in [-0.25, -0.2) is 9.34 Å². The van der Waals surface area contributed by atoms with Crippen LogP contribution in [0.25, 0.3) is 0 Å². The summed E-state index contributed by atoms with van der Waals surface area (Å²) in [5.74, 6) is -6.07. The van der Waals surface area contributed by atoms with Crippen LogP contribution < -0.4 is 0 Å². The van der Waals surface area contributed by atoms with Gasteiger partial charge in [0, 0.05) is 24.2 Å². The van der Waals surface area contributed by atoms with Crippen LogP contribution in [0.2, 0.25) is 0 Å². The van der Waals surface area contributed by atoms with Gasteiger partial charge in [0.2, 0.25) is 7.51 Å². The maximum Gasteiger partial charge on any atom is 0.257 e. The summed E-state index contributed by atoms with van der Waals surface area (Å²) in [4.78, 5) is 0. The third kappa shape index (κ3) is 4.82. The summed E-state index contributed by atoms with van der Waals surface area (Å²) in [5.41, 5.74) is 8.38. The molecule has 0 saturated carbocycles. The fourth-order valence-electron chi connectivity index (χ4n) is 2.62. The molecule has 12 heteroatoms. The maximum absolute atomic E-state index is 6.39. The van der Waals surface area contributed by atoms with Crippen molar-refractivity contribution in [3.63, 3.8) is 0 Å². The largest absolute Gasteiger partial charge is 0.257 e. The lowest BCUT2D eigenvalue weighted by molar-refractivity contribution is 0.499. The third-order valence-electron chi connectivity index (χ3n) is 3.71. The molecule has 3 rings (SSSR count). The van der Waals surface area contributed by atoms with Gasteiger partial charge < -0.3 is 0 Å². The minimum atomic E-state index is -3.04. The van der Waals surface area contributed by atoms with Gasteiger partial charge in [0.25, 0.3) is 11.8 Å². The molecule has 0 aromatic heterocycles. The average Bonchev–Trinajstić information content (AvgIpc) is 3.17. The number of likely N-dealkylation sites (N-methyl/N-ethyl adjacent to an activating group) is 2. The highest BCUT2D eigenvalue weighted by molar-refractivity contribution is 8.20. The van der Waals surface area contributed by atoms with E-state index >= 15 is 0 Å². The predicted octanol–water partition coefficient (Wildman–Crippen LogP) is 7.96. The lowest BCUT2D eigenvalue weighted by atomic mass is 10.3. The first kappa shape index (κ1) is 21.0. The van der Waals surface area contributed by atoms with Crippen molar-refractivity contribution < 1.29 is 0 Å². The third-order valence-corrected chi connectivity index (χ3v) is 16.1. The fourth-order valence-corrected chi connectivity index (χ4v) is 18.8. The van der Waals surface area contributed by atoms with Gasteiger partial charge >= 0.3 is 0 Å². The molecule has 0 amide bonds. The van der Waals surface area contributed by atoms with Gasteiger partial charge in [0.1, 0.15) is 0 Å². The van der Waals surface area contributed by atoms with E-state index in [4.69, 9.17) is 54.0 Å². The maximum atomic E-state index is 6.39. The van der Waals surface area contributed by atoms with Gasteiger partial charge in [-0.3, -0.25) is 0 Å². The molecule has 1 heterocycles. The van der Waals surface area contributed by atoms with Gasteiger partial charge in [-0.05, 0) is 83.4 Å². The quantitative estimate of drug-likeness (QED) is 0.281. The summed E-state index contributed by atoms with van der Waals surface area (Å²) in [7, 11) is 1.09. The van der Waals surface area contributed by atoms with Crippen molar-refractivity contribution in [2.75, 3.05) is 27.2 Å². The van der Waals surface area contributed by atoms with Crippen LogP contribution in [-0.4, -0.2) is 36.5 Å². The normalized spacial score (nSPS) is 23.7. The predicted molar refractivity (Wildman–Crippen MR) is 118 cm³/mol. The SMILES string of the molecule is CN(CC1=C=CC=C1)P1(N(C)CC2=C=CC=C2)=NP(Cl)(Cl)=NP(Cl)(Cl)=N1. The van der Waals surface area contributed by atoms with Gasteiger partial charge in [-0.1, -0.05) is 12.2 Å². The molecule has 0 saturated heterocycles. The molecule has 0 aromatic carbocycles. The molecular weight excluding hydrogens is 473 g/mol. The molecule has 0 N–H and O–H groups in total.